The van der Waals surface area contributed by atoms with E-state index in [2.05, 4.69) is 0 Å². The van der Waals surface area contributed by atoms with Gasteiger partial charge in [0.05, 0.1) is 11.4 Å². The molecule has 2 fully saturated rings. The highest BCUT2D eigenvalue weighted by Gasteiger charge is 2.30. The molecular formula is C15H19N3O5S. The van der Waals surface area contributed by atoms with E-state index >= 15 is 0 Å². The fraction of sp³-hybridized carbons (Fsp3) is 0.467. The Labute approximate surface area is 140 Å². The summed E-state index contributed by atoms with van der Waals surface area (Å²) in [7, 11) is -3.60. The van der Waals surface area contributed by atoms with E-state index in [1.165, 1.54) is 28.3 Å². The second-order valence-corrected chi connectivity index (χ2v) is 7.61. The first-order chi connectivity index (χ1) is 11.4. The summed E-state index contributed by atoms with van der Waals surface area (Å²) in [4.78, 5) is 26.1. The quantitative estimate of drug-likeness (QED) is 0.789. The fourth-order valence-corrected chi connectivity index (χ4v) is 4.24. The summed E-state index contributed by atoms with van der Waals surface area (Å²) >= 11 is 0. The lowest BCUT2D eigenvalue weighted by Gasteiger charge is -2.33. The van der Waals surface area contributed by atoms with Gasteiger partial charge in [-0.25, -0.2) is 13.2 Å². The first kappa shape index (κ1) is 16.7. The Kier molecular flexibility index (Phi) is 4.46. The zero-order valence-electron chi connectivity index (χ0n) is 13.3. The van der Waals surface area contributed by atoms with Crippen molar-refractivity contribution in [2.75, 3.05) is 44.2 Å². The van der Waals surface area contributed by atoms with Crippen LogP contribution in [-0.4, -0.2) is 69.0 Å². The van der Waals surface area contributed by atoms with Crippen molar-refractivity contribution in [3.8, 4) is 0 Å². The average Bonchev–Trinajstić information content (AvgIpc) is 3.01. The lowest BCUT2D eigenvalue weighted by Crippen LogP contribution is -2.49. The molecule has 0 radical (unpaired) electrons. The van der Waals surface area contributed by atoms with E-state index in [9.17, 15) is 18.0 Å². The zero-order valence-corrected chi connectivity index (χ0v) is 14.2. The van der Waals surface area contributed by atoms with Gasteiger partial charge in [0, 0.05) is 38.8 Å². The van der Waals surface area contributed by atoms with Crippen LogP contribution in [0.3, 0.4) is 0 Å². The van der Waals surface area contributed by atoms with E-state index in [0.29, 0.717) is 31.9 Å². The first-order valence-electron chi connectivity index (χ1n) is 7.69. The maximum absolute atomic E-state index is 12.7. The minimum absolute atomic E-state index is 0.0473. The smallest absolute Gasteiger partial charge is 0.414 e. The third kappa shape index (κ3) is 3.09. The molecule has 1 aromatic rings. The predicted octanol–water partition coefficient (Wildman–Crippen LogP) is 0.496. The second kappa shape index (κ2) is 6.40. The topological polar surface area (TPSA) is 87.2 Å². The molecule has 1 aromatic carbocycles. The Morgan fingerprint density at radius 1 is 1.04 bits per heavy atom. The van der Waals surface area contributed by atoms with Crippen LogP contribution in [-0.2, 0) is 19.6 Å². The molecule has 0 aromatic heterocycles. The number of piperazine rings is 1. The Balaban J connectivity index is 1.73. The molecule has 8 nitrogen and oxygen atoms in total. The number of anilines is 1. The zero-order chi connectivity index (χ0) is 17.3. The number of sulfonamides is 1. The van der Waals surface area contributed by atoms with Crippen molar-refractivity contribution < 1.29 is 22.7 Å². The minimum atomic E-state index is -3.60. The van der Waals surface area contributed by atoms with Gasteiger partial charge in [-0.2, -0.15) is 4.31 Å². The summed E-state index contributed by atoms with van der Waals surface area (Å²) in [6, 6.07) is 6.19. The molecule has 9 heteroatoms. The molecule has 130 valence electrons. The van der Waals surface area contributed by atoms with E-state index in [1.807, 2.05) is 0 Å². The van der Waals surface area contributed by atoms with Crippen molar-refractivity contribution in [2.24, 2.45) is 0 Å². The monoisotopic (exact) mass is 353 g/mol. The van der Waals surface area contributed by atoms with Crippen LogP contribution in [0.15, 0.2) is 29.2 Å². The highest BCUT2D eigenvalue weighted by Crippen LogP contribution is 2.23. The van der Waals surface area contributed by atoms with Gasteiger partial charge in [-0.3, -0.25) is 9.69 Å². The molecular weight excluding hydrogens is 334 g/mol. The molecule has 0 N–H and O–H groups in total. The summed E-state index contributed by atoms with van der Waals surface area (Å²) in [5, 5.41) is 0. The molecule has 2 heterocycles. The van der Waals surface area contributed by atoms with Gasteiger partial charge in [0.1, 0.15) is 6.61 Å². The fourth-order valence-electron chi connectivity index (χ4n) is 2.82. The Bertz CT molecular complexity index is 739. The Hall–Kier alpha value is -2.13. The number of ether oxygens (including phenoxy) is 1. The van der Waals surface area contributed by atoms with Crippen molar-refractivity contribution in [3.05, 3.63) is 24.3 Å². The summed E-state index contributed by atoms with van der Waals surface area (Å²) in [5.41, 5.74) is 0.609. The van der Waals surface area contributed by atoms with E-state index in [0.717, 1.165) is 0 Å². The summed E-state index contributed by atoms with van der Waals surface area (Å²) in [5.74, 6) is -0.0473. The van der Waals surface area contributed by atoms with Crippen LogP contribution in [0.2, 0.25) is 0 Å². The predicted molar refractivity (Wildman–Crippen MR) is 86.1 cm³/mol. The molecule has 2 amide bonds. The number of benzene rings is 1. The third-order valence-electron chi connectivity index (χ3n) is 4.23. The number of hydrogen-bond acceptors (Lipinski definition) is 5. The molecule has 0 saturated carbocycles. The molecule has 0 atom stereocenters. The number of carbonyl (C=O) groups is 2. The molecule has 3 rings (SSSR count). The van der Waals surface area contributed by atoms with Crippen LogP contribution in [0.5, 0.6) is 0 Å². The van der Waals surface area contributed by atoms with Gasteiger partial charge < -0.3 is 9.64 Å². The van der Waals surface area contributed by atoms with E-state index < -0.39 is 16.1 Å². The van der Waals surface area contributed by atoms with Crippen LogP contribution in [0.4, 0.5) is 10.5 Å². The number of amides is 2. The minimum Gasteiger partial charge on any atom is -0.447 e. The van der Waals surface area contributed by atoms with Gasteiger partial charge in [-0.1, -0.05) is 0 Å². The van der Waals surface area contributed by atoms with E-state index in [1.54, 1.807) is 17.0 Å². The third-order valence-corrected chi connectivity index (χ3v) is 6.14. The van der Waals surface area contributed by atoms with Gasteiger partial charge >= 0.3 is 6.09 Å². The lowest BCUT2D eigenvalue weighted by molar-refractivity contribution is -0.129. The Morgan fingerprint density at radius 3 is 2.17 bits per heavy atom. The Morgan fingerprint density at radius 2 is 1.67 bits per heavy atom. The molecule has 24 heavy (non-hydrogen) atoms. The maximum Gasteiger partial charge on any atom is 0.414 e. The van der Waals surface area contributed by atoms with Crippen molar-refractivity contribution >= 4 is 27.7 Å². The van der Waals surface area contributed by atoms with Crippen molar-refractivity contribution in [1.82, 2.24) is 9.21 Å². The number of hydrogen-bond donors (Lipinski definition) is 0. The van der Waals surface area contributed by atoms with Crippen LogP contribution in [0.1, 0.15) is 6.92 Å². The molecule has 0 spiro atoms. The first-order valence-corrected chi connectivity index (χ1v) is 9.13. The van der Waals surface area contributed by atoms with E-state index in [-0.39, 0.29) is 23.9 Å². The SMILES string of the molecule is CC(=O)N1CCN(S(=O)(=O)c2ccc(N3CCOC3=O)cc2)CC1. The molecule has 0 aliphatic carbocycles. The normalized spacial score (nSPS) is 19.5. The average molecular weight is 353 g/mol. The van der Waals surface area contributed by atoms with Gasteiger partial charge in [-0.15, -0.1) is 0 Å². The van der Waals surface area contributed by atoms with E-state index in [4.69, 9.17) is 4.74 Å². The van der Waals surface area contributed by atoms with Gasteiger partial charge in [0.2, 0.25) is 15.9 Å². The van der Waals surface area contributed by atoms with Crippen LogP contribution < -0.4 is 4.90 Å². The lowest BCUT2D eigenvalue weighted by atomic mass is 10.3. The van der Waals surface area contributed by atoms with Crippen LogP contribution in [0, 0.1) is 0 Å². The van der Waals surface area contributed by atoms with Gasteiger partial charge in [0.15, 0.2) is 0 Å². The van der Waals surface area contributed by atoms with Gasteiger partial charge in [0.25, 0.3) is 0 Å². The van der Waals surface area contributed by atoms with Crippen molar-refractivity contribution in [3.63, 3.8) is 0 Å². The molecule has 0 bridgehead atoms. The standard InChI is InChI=1S/C15H19N3O5S/c1-12(19)16-6-8-17(9-7-16)24(21,22)14-4-2-13(3-5-14)18-10-11-23-15(18)20/h2-5H,6-11H2,1H3. The molecule has 0 unspecified atom stereocenters. The molecule has 2 aliphatic rings. The summed E-state index contributed by atoms with van der Waals surface area (Å²) in [6.45, 7) is 3.62. The second-order valence-electron chi connectivity index (χ2n) is 5.67. The number of rotatable bonds is 3. The summed E-state index contributed by atoms with van der Waals surface area (Å²) in [6.07, 6.45) is -0.425. The highest BCUT2D eigenvalue weighted by molar-refractivity contribution is 7.89. The molecule has 2 aliphatic heterocycles. The number of nitrogens with zero attached hydrogens (tertiary/aromatic N) is 3. The number of carbonyl (C=O) groups excluding carboxylic acids is 2. The van der Waals surface area contributed by atoms with Crippen LogP contribution in [0.25, 0.3) is 0 Å². The maximum atomic E-state index is 12.7. The van der Waals surface area contributed by atoms with Gasteiger partial charge in [-0.05, 0) is 24.3 Å². The van der Waals surface area contributed by atoms with Crippen molar-refractivity contribution in [1.29, 1.82) is 0 Å². The highest BCUT2D eigenvalue weighted by atomic mass is 32.2. The molecule has 2 saturated heterocycles. The van der Waals surface area contributed by atoms with Crippen LogP contribution >= 0.6 is 0 Å². The largest absolute Gasteiger partial charge is 0.447 e. The summed E-state index contributed by atoms with van der Waals surface area (Å²) < 4.78 is 31.6. The van der Waals surface area contributed by atoms with Crippen molar-refractivity contribution in [2.45, 2.75) is 11.8 Å². The number of cyclic esters (lactones) is 1.